The van der Waals surface area contributed by atoms with Gasteiger partial charge in [-0.15, -0.1) is 0 Å². The largest absolute Gasteiger partial charge is 0.365 e. The molecule has 3 aromatic carbocycles. The first-order valence-corrected chi connectivity index (χ1v) is 18.0. The van der Waals surface area contributed by atoms with Gasteiger partial charge in [0.25, 0.3) is 17.7 Å². The monoisotopic (exact) mass is 757 g/mol. The van der Waals surface area contributed by atoms with Crippen LogP contribution in [0.2, 0.25) is 0 Å². The molecule has 0 unspecified atom stereocenters. The van der Waals surface area contributed by atoms with Crippen LogP contribution in [-0.2, 0) is 18.3 Å². The maximum Gasteiger partial charge on any atom is 0.274 e. The summed E-state index contributed by atoms with van der Waals surface area (Å²) in [5, 5.41) is 23.0. The van der Waals surface area contributed by atoms with E-state index in [4.69, 9.17) is 20.0 Å². The Balaban J connectivity index is 0.000000168. The smallest absolute Gasteiger partial charge is 0.274 e. The number of ketones is 1. The maximum absolute atomic E-state index is 12.8. The van der Waals surface area contributed by atoms with Crippen molar-refractivity contribution in [3.8, 4) is 40.5 Å². The summed E-state index contributed by atoms with van der Waals surface area (Å²) in [6.07, 6.45) is 1.46. The lowest BCUT2D eigenvalue weighted by atomic mass is 10.0. The molecule has 0 atom stereocenters. The van der Waals surface area contributed by atoms with Crippen molar-refractivity contribution < 1.29 is 18.6 Å². The van der Waals surface area contributed by atoms with Crippen LogP contribution in [-0.4, -0.2) is 57.4 Å². The molecule has 8 aromatic rings. The maximum atomic E-state index is 12.8. The quantitative estimate of drug-likeness (QED) is 0.126. The molecule has 1 amide bonds. The fraction of sp³-hybridized carbons (Fsp3) is 0.167. The number of nitriles is 1. The number of nitrogens with zero attached hydrogens (tertiary/aromatic N) is 8. The molecule has 57 heavy (non-hydrogen) atoms. The zero-order valence-corrected chi connectivity index (χ0v) is 31.4. The van der Waals surface area contributed by atoms with Gasteiger partial charge in [-0.25, -0.2) is 4.99 Å². The van der Waals surface area contributed by atoms with Crippen LogP contribution in [0.1, 0.15) is 58.6 Å². The first-order valence-electron chi connectivity index (χ1n) is 18.0. The summed E-state index contributed by atoms with van der Waals surface area (Å²) in [6.45, 7) is 5.51. The zero-order chi connectivity index (χ0) is 39.8. The molecule has 0 aliphatic carbocycles. The molecule has 282 valence electrons. The fourth-order valence-electron chi connectivity index (χ4n) is 6.68. The van der Waals surface area contributed by atoms with E-state index in [0.29, 0.717) is 59.7 Å². The average Bonchev–Trinajstić information content (AvgIpc) is 4.07. The number of carbonyl (C=O) groups is 2. The van der Waals surface area contributed by atoms with Crippen LogP contribution >= 0.6 is 0 Å². The van der Waals surface area contributed by atoms with Gasteiger partial charge >= 0.3 is 0 Å². The highest BCUT2D eigenvalue weighted by Crippen LogP contribution is 2.32. The highest BCUT2D eigenvalue weighted by atomic mass is 16.5. The van der Waals surface area contributed by atoms with Crippen molar-refractivity contribution in [2.24, 2.45) is 17.8 Å². The third kappa shape index (κ3) is 7.51. The molecule has 1 aliphatic heterocycles. The van der Waals surface area contributed by atoms with Gasteiger partial charge in [-0.05, 0) is 92.9 Å². The minimum absolute atomic E-state index is 0.0158. The van der Waals surface area contributed by atoms with E-state index >= 15 is 0 Å². The molecule has 0 saturated carbocycles. The number of benzene rings is 3. The summed E-state index contributed by atoms with van der Waals surface area (Å²) in [5.74, 6) is 1.58. The van der Waals surface area contributed by atoms with Crippen molar-refractivity contribution in [2.45, 2.75) is 40.0 Å². The van der Waals surface area contributed by atoms with Gasteiger partial charge in [0.05, 0.1) is 23.0 Å². The van der Waals surface area contributed by atoms with Gasteiger partial charge in [-0.1, -0.05) is 34.6 Å². The van der Waals surface area contributed by atoms with Gasteiger partial charge in [-0.3, -0.25) is 14.3 Å². The molecule has 0 fully saturated rings. The van der Waals surface area contributed by atoms with Gasteiger partial charge in [0, 0.05) is 52.8 Å². The minimum Gasteiger partial charge on any atom is -0.365 e. The second-order valence-corrected chi connectivity index (χ2v) is 13.8. The van der Waals surface area contributed by atoms with Crippen molar-refractivity contribution >= 4 is 44.9 Å². The van der Waals surface area contributed by atoms with Crippen molar-refractivity contribution in [3.05, 3.63) is 118 Å². The van der Waals surface area contributed by atoms with Crippen LogP contribution in [0, 0.1) is 25.2 Å². The number of rotatable bonds is 9. The van der Waals surface area contributed by atoms with Gasteiger partial charge < -0.3 is 24.7 Å². The number of aliphatic imine (C=N–C) groups is 1. The lowest BCUT2D eigenvalue weighted by Crippen LogP contribution is -2.21. The molecule has 5 aromatic heterocycles. The fourth-order valence-corrected chi connectivity index (χ4v) is 6.68. The molecular weight excluding hydrogens is 723 g/mol. The highest BCUT2D eigenvalue weighted by Gasteiger charge is 2.21. The van der Waals surface area contributed by atoms with E-state index in [1.165, 1.54) is 0 Å². The van der Waals surface area contributed by atoms with Crippen LogP contribution in [0.25, 0.3) is 61.9 Å². The Bertz CT molecular complexity index is 2950. The van der Waals surface area contributed by atoms with Crippen LogP contribution in [0.4, 0.5) is 0 Å². The van der Waals surface area contributed by atoms with Gasteiger partial charge in [-0.2, -0.15) is 20.3 Å². The van der Waals surface area contributed by atoms with E-state index < -0.39 is 5.91 Å². The number of amides is 1. The second kappa shape index (κ2) is 14.8. The summed E-state index contributed by atoms with van der Waals surface area (Å²) in [5.41, 5.74) is 15.8. The molecule has 0 radical (unpaired) electrons. The summed E-state index contributed by atoms with van der Waals surface area (Å²) in [6, 6.07) is 27.1. The molecule has 0 spiro atoms. The predicted octanol–water partition coefficient (Wildman–Crippen LogP) is 7.20. The Hall–Kier alpha value is -7.73. The first-order chi connectivity index (χ1) is 27.5. The highest BCUT2D eigenvalue weighted by molar-refractivity contribution is 6.40. The molecule has 15 nitrogen and oxygen atoms in total. The number of carbonyl (C=O) groups excluding carboxylic acids is 2. The molecule has 0 saturated heterocycles. The Morgan fingerprint density at radius 1 is 0.825 bits per heavy atom. The number of nitrogens with two attached hydrogens (primary N) is 1. The number of Topliss-reactive ketones (excluding diaryl/α,β-unsaturated/α-hetero) is 1. The zero-order valence-electron chi connectivity index (χ0n) is 31.4. The van der Waals surface area contributed by atoms with Crippen LogP contribution in [0.5, 0.6) is 0 Å². The molecule has 1 aliphatic rings. The molecule has 15 heteroatoms. The molecule has 0 bridgehead atoms. The number of allylic oxidation sites excluding steroid dienone is 1. The van der Waals surface area contributed by atoms with Gasteiger partial charge in [0.1, 0.15) is 22.8 Å². The number of primary amides is 1. The van der Waals surface area contributed by atoms with Crippen molar-refractivity contribution in [3.63, 3.8) is 0 Å². The van der Waals surface area contributed by atoms with Crippen molar-refractivity contribution in [1.29, 1.82) is 5.26 Å². The summed E-state index contributed by atoms with van der Waals surface area (Å²) in [4.78, 5) is 43.5. The van der Waals surface area contributed by atoms with Crippen molar-refractivity contribution in [1.82, 2.24) is 40.0 Å². The van der Waals surface area contributed by atoms with E-state index in [-0.39, 0.29) is 5.78 Å². The summed E-state index contributed by atoms with van der Waals surface area (Å²) in [7, 11) is 1.83. The van der Waals surface area contributed by atoms with Crippen molar-refractivity contribution in [2.75, 3.05) is 0 Å². The van der Waals surface area contributed by atoms with E-state index in [0.717, 1.165) is 66.8 Å². The average molecular weight is 758 g/mol. The predicted molar refractivity (Wildman–Crippen MR) is 213 cm³/mol. The summed E-state index contributed by atoms with van der Waals surface area (Å²) >= 11 is 0. The standard InChI is InChI=1S/C25H20N6O2.C17H15N5O2/c1-15-27-25(33-30-15)22-12-19-11-18(8-9-20(19)28-22)23-13-21(29-31(23)2)24(32)10-7-16-3-5-17(14-26)6-4-16;1-8-5-13(16(18)23)21-15(8)10-3-4-12-11(6-10)7-14(20-12)17-19-9(2)22-24-17/h3-6,8-9,11-13,28H,7,10H2,1-2H3;3-4,6-7,20H,5H2,1-2H3,(H2,18,23). The Morgan fingerprint density at radius 2 is 1.42 bits per heavy atom. The topological polar surface area (TPSA) is 224 Å². The number of hydrogen-bond donors (Lipinski definition) is 3. The lowest BCUT2D eigenvalue weighted by molar-refractivity contribution is -0.112. The Kier molecular flexibility index (Phi) is 9.44. The minimum atomic E-state index is -0.471. The third-order valence-corrected chi connectivity index (χ3v) is 9.58. The number of aromatic amines is 2. The van der Waals surface area contributed by atoms with E-state index in [1.54, 1.807) is 30.7 Å². The number of aromatic nitrogens is 8. The van der Waals surface area contributed by atoms with Crippen LogP contribution in [0.15, 0.2) is 98.5 Å². The van der Waals surface area contributed by atoms with E-state index in [9.17, 15) is 9.59 Å². The Labute approximate surface area is 324 Å². The van der Waals surface area contributed by atoms with E-state index in [1.807, 2.05) is 80.7 Å². The van der Waals surface area contributed by atoms with Crippen LogP contribution < -0.4 is 5.73 Å². The number of hydrogen-bond acceptors (Lipinski definition) is 11. The number of nitrogens with one attached hydrogen (secondary N) is 2. The number of fused-ring (bicyclic) bond motifs is 2. The Morgan fingerprint density at radius 3 is 1.96 bits per heavy atom. The molecule has 4 N–H and O–H groups in total. The number of aryl methyl sites for hydroxylation is 4. The van der Waals surface area contributed by atoms with Crippen LogP contribution in [0.3, 0.4) is 0 Å². The van der Waals surface area contributed by atoms with E-state index in [2.05, 4.69) is 46.4 Å². The van der Waals surface area contributed by atoms with Gasteiger partial charge in [0.15, 0.2) is 17.4 Å². The SMILES string of the molecule is CC1=C(c2ccc3[nH]c(-c4nc(C)no4)cc3c2)N=C(C(N)=O)C1.Cc1noc(-c2cc3cc(-c4cc(C(=O)CCc5ccc(C#N)cc5)nn4C)ccc3[nH]2)n1. The second-order valence-electron chi connectivity index (χ2n) is 13.8. The molecule has 9 rings (SSSR count). The summed E-state index contributed by atoms with van der Waals surface area (Å²) < 4.78 is 12.2. The molecular formula is C42H35N11O4. The normalized spacial score (nSPS) is 12.5. The molecule has 6 heterocycles. The van der Waals surface area contributed by atoms with Gasteiger partial charge in [0.2, 0.25) is 0 Å². The third-order valence-electron chi connectivity index (χ3n) is 9.58. The lowest BCUT2D eigenvalue weighted by Gasteiger charge is -2.01. The first kappa shape index (κ1) is 36.3. The number of H-pyrrole nitrogens is 2.